The van der Waals surface area contributed by atoms with Gasteiger partial charge < -0.3 is 11.1 Å². The third kappa shape index (κ3) is 4.09. The second kappa shape index (κ2) is 6.19. The Bertz CT molecular complexity index is 612. The maximum absolute atomic E-state index is 5.90. The zero-order valence-corrected chi connectivity index (χ0v) is 12.1. The fourth-order valence-corrected chi connectivity index (χ4v) is 2.09. The van der Waals surface area contributed by atoms with Crippen LogP contribution in [0, 0.1) is 20.8 Å². The Labute approximate surface area is 119 Å². The average molecular weight is 268 g/mol. The lowest BCUT2D eigenvalue weighted by Gasteiger charge is -2.08. The molecule has 0 saturated carbocycles. The Kier molecular flexibility index (Phi) is 4.35. The first kappa shape index (κ1) is 14.1. The molecule has 1 aromatic carbocycles. The predicted octanol–water partition coefficient (Wildman–Crippen LogP) is 2.93. The average Bonchev–Trinajstić information content (AvgIpc) is 2.35. The molecule has 0 atom stereocenters. The van der Waals surface area contributed by atoms with E-state index in [0.29, 0.717) is 12.5 Å². The Hall–Kier alpha value is -2.36. The van der Waals surface area contributed by atoms with Crippen molar-refractivity contribution >= 4 is 11.6 Å². The molecular formula is C16H20N4. The van der Waals surface area contributed by atoms with Gasteiger partial charge in [-0.05, 0) is 56.2 Å². The maximum Gasteiger partial charge on any atom is 0.193 e. The molecule has 0 fully saturated rings. The second-order valence-electron chi connectivity index (χ2n) is 4.97. The van der Waals surface area contributed by atoms with Crippen LogP contribution in [0.3, 0.4) is 0 Å². The monoisotopic (exact) mass is 268 g/mol. The van der Waals surface area contributed by atoms with E-state index in [0.717, 1.165) is 17.1 Å². The molecule has 2 aromatic rings. The van der Waals surface area contributed by atoms with Gasteiger partial charge in [0.25, 0.3) is 0 Å². The summed E-state index contributed by atoms with van der Waals surface area (Å²) < 4.78 is 0. The van der Waals surface area contributed by atoms with E-state index in [2.05, 4.69) is 35.2 Å². The number of nitrogens with zero attached hydrogens (tertiary/aromatic N) is 2. The van der Waals surface area contributed by atoms with E-state index in [9.17, 15) is 0 Å². The summed E-state index contributed by atoms with van der Waals surface area (Å²) in [6.45, 7) is 6.56. The molecule has 0 unspecified atom stereocenters. The third-order valence-corrected chi connectivity index (χ3v) is 2.85. The van der Waals surface area contributed by atoms with Crippen molar-refractivity contribution in [2.45, 2.75) is 27.3 Å². The molecule has 0 aliphatic heterocycles. The van der Waals surface area contributed by atoms with Crippen LogP contribution in [0.4, 0.5) is 5.69 Å². The first-order chi connectivity index (χ1) is 9.52. The van der Waals surface area contributed by atoms with Crippen LogP contribution in [0.2, 0.25) is 0 Å². The molecule has 0 aliphatic carbocycles. The van der Waals surface area contributed by atoms with Crippen molar-refractivity contribution in [1.29, 1.82) is 0 Å². The second-order valence-corrected chi connectivity index (χ2v) is 4.97. The molecule has 0 saturated heterocycles. The van der Waals surface area contributed by atoms with Crippen molar-refractivity contribution in [2.75, 3.05) is 5.32 Å². The maximum atomic E-state index is 5.90. The normalized spacial score (nSPS) is 11.4. The van der Waals surface area contributed by atoms with E-state index in [1.165, 1.54) is 11.1 Å². The molecule has 2 rings (SSSR count). The molecule has 0 spiro atoms. The highest BCUT2D eigenvalue weighted by atomic mass is 15.1. The number of nitrogens with one attached hydrogen (secondary N) is 1. The molecule has 0 radical (unpaired) electrons. The fourth-order valence-electron chi connectivity index (χ4n) is 2.09. The molecule has 0 bridgehead atoms. The minimum absolute atomic E-state index is 0.401. The van der Waals surface area contributed by atoms with Gasteiger partial charge in [-0.1, -0.05) is 12.1 Å². The first-order valence-electron chi connectivity index (χ1n) is 6.61. The number of hydrogen-bond donors (Lipinski definition) is 2. The largest absolute Gasteiger partial charge is 0.370 e. The Balaban J connectivity index is 2.04. The van der Waals surface area contributed by atoms with Gasteiger partial charge >= 0.3 is 0 Å². The van der Waals surface area contributed by atoms with Crippen LogP contribution in [-0.2, 0) is 6.54 Å². The van der Waals surface area contributed by atoms with Gasteiger partial charge in [-0.15, -0.1) is 0 Å². The molecular weight excluding hydrogens is 248 g/mol. The molecule has 1 heterocycles. The number of hydrogen-bond acceptors (Lipinski definition) is 2. The van der Waals surface area contributed by atoms with E-state index < -0.39 is 0 Å². The molecule has 4 heteroatoms. The van der Waals surface area contributed by atoms with E-state index in [4.69, 9.17) is 5.73 Å². The summed E-state index contributed by atoms with van der Waals surface area (Å²) in [6, 6.07) is 12.1. The topological polar surface area (TPSA) is 63.3 Å². The van der Waals surface area contributed by atoms with Gasteiger partial charge in [0.05, 0.1) is 12.2 Å². The highest BCUT2D eigenvalue weighted by molar-refractivity contribution is 5.92. The zero-order valence-electron chi connectivity index (χ0n) is 12.1. The minimum atomic E-state index is 0.401. The molecule has 0 aliphatic rings. The van der Waals surface area contributed by atoms with Crippen LogP contribution in [0.15, 0.2) is 41.4 Å². The third-order valence-electron chi connectivity index (χ3n) is 2.85. The molecule has 0 amide bonds. The van der Waals surface area contributed by atoms with E-state index in [-0.39, 0.29) is 0 Å². The van der Waals surface area contributed by atoms with Crippen molar-refractivity contribution < 1.29 is 0 Å². The first-order valence-corrected chi connectivity index (χ1v) is 6.61. The number of anilines is 1. The highest BCUT2D eigenvalue weighted by Gasteiger charge is 1.98. The predicted molar refractivity (Wildman–Crippen MR) is 83.8 cm³/mol. The summed E-state index contributed by atoms with van der Waals surface area (Å²) in [7, 11) is 0. The van der Waals surface area contributed by atoms with Crippen molar-refractivity contribution in [2.24, 2.45) is 10.7 Å². The lowest BCUT2D eigenvalue weighted by molar-refractivity contribution is 0.965. The van der Waals surface area contributed by atoms with Gasteiger partial charge in [0.1, 0.15) is 0 Å². The number of pyridine rings is 1. The van der Waals surface area contributed by atoms with E-state index in [1.807, 2.05) is 37.3 Å². The van der Waals surface area contributed by atoms with Gasteiger partial charge in [-0.25, -0.2) is 4.99 Å². The van der Waals surface area contributed by atoms with Crippen LogP contribution in [-0.4, -0.2) is 10.9 Å². The van der Waals surface area contributed by atoms with Crippen LogP contribution in [0.25, 0.3) is 0 Å². The van der Waals surface area contributed by atoms with Gasteiger partial charge in [0.15, 0.2) is 5.96 Å². The Morgan fingerprint density at radius 1 is 1.15 bits per heavy atom. The van der Waals surface area contributed by atoms with Gasteiger partial charge in [-0.3, -0.25) is 4.98 Å². The molecule has 104 valence electrons. The lowest BCUT2D eigenvalue weighted by Crippen LogP contribution is -2.22. The number of aryl methyl sites for hydroxylation is 3. The van der Waals surface area contributed by atoms with Crippen LogP contribution in [0.1, 0.15) is 22.5 Å². The van der Waals surface area contributed by atoms with Crippen molar-refractivity contribution in [1.82, 2.24) is 4.98 Å². The Morgan fingerprint density at radius 3 is 2.50 bits per heavy atom. The van der Waals surface area contributed by atoms with Gasteiger partial charge in [-0.2, -0.15) is 0 Å². The van der Waals surface area contributed by atoms with Crippen LogP contribution in [0.5, 0.6) is 0 Å². The number of aromatic nitrogens is 1. The number of aliphatic imine (C=N–C) groups is 1. The van der Waals surface area contributed by atoms with Crippen molar-refractivity contribution in [3.8, 4) is 0 Å². The summed E-state index contributed by atoms with van der Waals surface area (Å²) in [5, 5.41) is 3.11. The van der Waals surface area contributed by atoms with E-state index >= 15 is 0 Å². The minimum Gasteiger partial charge on any atom is -0.370 e. The fraction of sp³-hybridized carbons (Fsp3) is 0.250. The van der Waals surface area contributed by atoms with Gasteiger partial charge in [0, 0.05) is 11.4 Å². The number of benzene rings is 1. The summed E-state index contributed by atoms with van der Waals surface area (Å²) in [5.74, 6) is 0.401. The standard InChI is InChI=1S/C16H20N4/c1-11-7-12(2)9-15(8-11)20-16(17)18-10-14-6-4-5-13(3)19-14/h4-9H,10H2,1-3H3,(H3,17,18,20). The quantitative estimate of drug-likeness (QED) is 0.664. The summed E-state index contributed by atoms with van der Waals surface area (Å²) in [4.78, 5) is 8.70. The van der Waals surface area contributed by atoms with Crippen LogP contribution < -0.4 is 11.1 Å². The summed E-state index contributed by atoms with van der Waals surface area (Å²) in [5.41, 5.74) is 11.1. The number of nitrogens with two attached hydrogens (primary N) is 1. The number of rotatable bonds is 3. The molecule has 3 N–H and O–H groups in total. The SMILES string of the molecule is Cc1cc(C)cc(NC(N)=NCc2cccc(C)n2)c1. The highest BCUT2D eigenvalue weighted by Crippen LogP contribution is 2.13. The summed E-state index contributed by atoms with van der Waals surface area (Å²) >= 11 is 0. The van der Waals surface area contributed by atoms with Gasteiger partial charge in [0.2, 0.25) is 0 Å². The zero-order chi connectivity index (χ0) is 14.5. The van der Waals surface area contributed by atoms with Crippen molar-refractivity contribution in [3.05, 3.63) is 58.9 Å². The van der Waals surface area contributed by atoms with Crippen molar-refractivity contribution in [3.63, 3.8) is 0 Å². The number of guanidine groups is 1. The van der Waals surface area contributed by atoms with Crippen LogP contribution >= 0.6 is 0 Å². The smallest absolute Gasteiger partial charge is 0.193 e. The molecule has 4 nitrogen and oxygen atoms in total. The Morgan fingerprint density at radius 2 is 1.85 bits per heavy atom. The lowest BCUT2D eigenvalue weighted by atomic mass is 10.1. The molecule has 1 aromatic heterocycles. The summed E-state index contributed by atoms with van der Waals surface area (Å²) in [6.07, 6.45) is 0. The molecule has 20 heavy (non-hydrogen) atoms. The van der Waals surface area contributed by atoms with E-state index in [1.54, 1.807) is 0 Å².